The van der Waals surface area contributed by atoms with Crippen molar-refractivity contribution in [3.8, 4) is 0 Å². The number of aromatic nitrogens is 1. The summed E-state index contributed by atoms with van der Waals surface area (Å²) in [7, 11) is 0. The highest BCUT2D eigenvalue weighted by Gasteiger charge is 2.27. The van der Waals surface area contributed by atoms with Crippen LogP contribution in [-0.2, 0) is 11.2 Å². The molecular weight excluding hydrogens is 310 g/mol. The first-order chi connectivity index (χ1) is 12.2. The minimum absolute atomic E-state index is 0.0798. The molecule has 1 N–H and O–H groups in total. The molecule has 1 aliphatic heterocycles. The number of piperidine rings is 1. The highest BCUT2D eigenvalue weighted by molar-refractivity contribution is 5.82. The molecule has 4 nitrogen and oxygen atoms in total. The average Bonchev–Trinajstić information content (AvgIpc) is 2.69. The number of hydrogen-bond donors (Lipinski definition) is 1. The van der Waals surface area contributed by atoms with E-state index in [0.29, 0.717) is 6.42 Å². The van der Waals surface area contributed by atoms with Gasteiger partial charge in [-0.25, -0.2) is 0 Å². The largest absolute Gasteiger partial charge is 0.341 e. The van der Waals surface area contributed by atoms with Gasteiger partial charge in [-0.2, -0.15) is 0 Å². The number of nitrogens with zero attached hydrogens (tertiary/aromatic N) is 2. The Labute approximate surface area is 150 Å². The summed E-state index contributed by atoms with van der Waals surface area (Å²) in [5.41, 5.74) is 2.29. The summed E-state index contributed by atoms with van der Waals surface area (Å²) < 4.78 is 0. The van der Waals surface area contributed by atoms with Gasteiger partial charge in [0.2, 0.25) is 5.91 Å². The first-order valence-electron chi connectivity index (χ1n) is 9.23. The molecule has 4 heteroatoms. The number of carbonyl (C=O) groups excluding carboxylic acids is 1. The number of rotatable bonds is 6. The molecule has 0 bridgehead atoms. The highest BCUT2D eigenvalue weighted by atomic mass is 16.2. The number of likely N-dealkylation sites (tertiary alicyclic amines) is 1. The predicted molar refractivity (Wildman–Crippen MR) is 100 cm³/mol. The molecule has 1 saturated heterocycles. The first kappa shape index (κ1) is 17.6. The van der Waals surface area contributed by atoms with E-state index in [-0.39, 0.29) is 18.0 Å². The molecule has 2 aromatic rings. The molecule has 132 valence electrons. The maximum Gasteiger partial charge on any atom is 0.240 e. The molecule has 2 heterocycles. The van der Waals surface area contributed by atoms with Gasteiger partial charge in [0.15, 0.2) is 0 Å². The topological polar surface area (TPSA) is 45.2 Å². The third kappa shape index (κ3) is 4.89. The van der Waals surface area contributed by atoms with E-state index in [1.54, 1.807) is 6.20 Å². The van der Waals surface area contributed by atoms with Crippen LogP contribution in [0.2, 0.25) is 0 Å². The van der Waals surface area contributed by atoms with Crippen LogP contribution < -0.4 is 5.32 Å². The SMILES string of the molecule is C[C@H](N[C@@H](Cc1ccccc1)C(=O)N1CCCCC1)c1cccnc1. The average molecular weight is 337 g/mol. The molecule has 0 saturated carbocycles. The minimum Gasteiger partial charge on any atom is -0.341 e. The van der Waals surface area contributed by atoms with Crippen LogP contribution in [0.1, 0.15) is 43.4 Å². The second kappa shape index (κ2) is 8.77. The molecular formula is C21H27N3O. The van der Waals surface area contributed by atoms with Gasteiger partial charge in [0.1, 0.15) is 0 Å². The summed E-state index contributed by atoms with van der Waals surface area (Å²) in [6.07, 6.45) is 7.80. The predicted octanol–water partition coefficient (Wildman–Crippen LogP) is 3.36. The molecule has 0 aliphatic carbocycles. The van der Waals surface area contributed by atoms with Gasteiger partial charge in [-0.1, -0.05) is 36.4 Å². The van der Waals surface area contributed by atoms with E-state index in [9.17, 15) is 4.79 Å². The first-order valence-corrected chi connectivity index (χ1v) is 9.23. The number of nitrogens with one attached hydrogen (secondary N) is 1. The molecule has 0 spiro atoms. The Balaban J connectivity index is 1.74. The molecule has 2 atom stereocenters. The van der Waals surface area contributed by atoms with Crippen molar-refractivity contribution < 1.29 is 4.79 Å². The van der Waals surface area contributed by atoms with Gasteiger partial charge in [0.25, 0.3) is 0 Å². The second-order valence-corrected chi connectivity index (χ2v) is 6.80. The van der Waals surface area contributed by atoms with E-state index in [0.717, 1.165) is 31.5 Å². The number of pyridine rings is 1. The summed E-state index contributed by atoms with van der Waals surface area (Å²) in [4.78, 5) is 19.3. The lowest BCUT2D eigenvalue weighted by Crippen LogP contribution is -2.49. The molecule has 3 rings (SSSR count). The summed E-state index contributed by atoms with van der Waals surface area (Å²) in [5, 5.41) is 3.55. The Morgan fingerprint density at radius 2 is 1.88 bits per heavy atom. The standard InChI is InChI=1S/C21H27N3O/c1-17(19-11-8-12-22-16-19)23-20(15-18-9-4-2-5-10-18)21(25)24-13-6-3-7-14-24/h2,4-5,8-12,16-17,20,23H,3,6-7,13-15H2,1H3/t17-,20-/m0/s1. The molecule has 0 radical (unpaired) electrons. The molecule has 1 aromatic heterocycles. The van der Waals surface area contributed by atoms with Crippen LogP contribution in [-0.4, -0.2) is 34.9 Å². The van der Waals surface area contributed by atoms with E-state index in [1.807, 2.05) is 35.4 Å². The molecule has 1 amide bonds. The summed E-state index contributed by atoms with van der Waals surface area (Å²) in [5.74, 6) is 0.222. The van der Waals surface area contributed by atoms with Gasteiger partial charge in [0.05, 0.1) is 6.04 Å². The maximum atomic E-state index is 13.1. The van der Waals surface area contributed by atoms with Crippen molar-refractivity contribution in [2.75, 3.05) is 13.1 Å². The van der Waals surface area contributed by atoms with Crippen molar-refractivity contribution in [1.82, 2.24) is 15.2 Å². The number of hydrogen-bond acceptors (Lipinski definition) is 3. The van der Waals surface area contributed by atoms with Crippen molar-refractivity contribution in [3.63, 3.8) is 0 Å². The Kier molecular flexibility index (Phi) is 6.18. The van der Waals surface area contributed by atoms with Crippen molar-refractivity contribution in [3.05, 3.63) is 66.0 Å². The minimum atomic E-state index is -0.212. The van der Waals surface area contributed by atoms with Crippen LogP contribution in [0.15, 0.2) is 54.9 Å². The number of carbonyl (C=O) groups is 1. The van der Waals surface area contributed by atoms with Gasteiger partial charge in [-0.05, 0) is 49.8 Å². The maximum absolute atomic E-state index is 13.1. The third-order valence-electron chi connectivity index (χ3n) is 4.88. The Hall–Kier alpha value is -2.20. The Bertz CT molecular complexity index is 653. The van der Waals surface area contributed by atoms with Crippen LogP contribution in [0.3, 0.4) is 0 Å². The van der Waals surface area contributed by atoms with Crippen LogP contribution in [0.5, 0.6) is 0 Å². The zero-order valence-corrected chi connectivity index (χ0v) is 14.9. The van der Waals surface area contributed by atoms with E-state index >= 15 is 0 Å². The number of amides is 1. The van der Waals surface area contributed by atoms with Crippen molar-refractivity contribution in [2.45, 2.75) is 44.7 Å². The molecule has 0 unspecified atom stereocenters. The fourth-order valence-corrected chi connectivity index (χ4v) is 3.43. The van der Waals surface area contributed by atoms with E-state index < -0.39 is 0 Å². The fraction of sp³-hybridized carbons (Fsp3) is 0.429. The van der Waals surface area contributed by atoms with Crippen LogP contribution >= 0.6 is 0 Å². The quantitative estimate of drug-likeness (QED) is 0.879. The lowest BCUT2D eigenvalue weighted by atomic mass is 10.0. The van der Waals surface area contributed by atoms with Crippen LogP contribution in [0.4, 0.5) is 0 Å². The fourth-order valence-electron chi connectivity index (χ4n) is 3.43. The normalized spacial score (nSPS) is 17.1. The molecule has 1 aliphatic rings. The lowest BCUT2D eigenvalue weighted by Gasteiger charge is -2.32. The summed E-state index contributed by atoms with van der Waals surface area (Å²) in [6.45, 7) is 3.86. The van der Waals surface area contributed by atoms with Crippen LogP contribution in [0, 0.1) is 0 Å². The van der Waals surface area contributed by atoms with Gasteiger partial charge in [0, 0.05) is 31.5 Å². The van der Waals surface area contributed by atoms with Crippen molar-refractivity contribution in [2.24, 2.45) is 0 Å². The monoisotopic (exact) mass is 337 g/mol. The molecule has 1 aromatic carbocycles. The second-order valence-electron chi connectivity index (χ2n) is 6.80. The third-order valence-corrected chi connectivity index (χ3v) is 4.88. The van der Waals surface area contributed by atoms with E-state index in [2.05, 4.69) is 35.4 Å². The zero-order valence-electron chi connectivity index (χ0n) is 14.9. The van der Waals surface area contributed by atoms with Gasteiger partial charge < -0.3 is 4.90 Å². The zero-order chi connectivity index (χ0) is 17.5. The number of benzene rings is 1. The summed E-state index contributed by atoms with van der Waals surface area (Å²) >= 11 is 0. The highest BCUT2D eigenvalue weighted by Crippen LogP contribution is 2.16. The van der Waals surface area contributed by atoms with Crippen LogP contribution in [0.25, 0.3) is 0 Å². The van der Waals surface area contributed by atoms with Crippen molar-refractivity contribution in [1.29, 1.82) is 0 Å². The Morgan fingerprint density at radius 3 is 2.56 bits per heavy atom. The lowest BCUT2D eigenvalue weighted by molar-refractivity contribution is -0.134. The Morgan fingerprint density at radius 1 is 1.12 bits per heavy atom. The van der Waals surface area contributed by atoms with Gasteiger partial charge in [-0.3, -0.25) is 15.1 Å². The molecule has 25 heavy (non-hydrogen) atoms. The van der Waals surface area contributed by atoms with Gasteiger partial charge in [-0.15, -0.1) is 0 Å². The van der Waals surface area contributed by atoms with Gasteiger partial charge >= 0.3 is 0 Å². The van der Waals surface area contributed by atoms with Crippen molar-refractivity contribution >= 4 is 5.91 Å². The smallest absolute Gasteiger partial charge is 0.240 e. The summed E-state index contributed by atoms with van der Waals surface area (Å²) in [6, 6.07) is 14.1. The van der Waals surface area contributed by atoms with E-state index in [1.165, 1.54) is 12.0 Å². The molecule has 1 fully saturated rings. The van der Waals surface area contributed by atoms with E-state index in [4.69, 9.17) is 0 Å².